The lowest BCUT2D eigenvalue weighted by Crippen LogP contribution is -2.43. The van der Waals surface area contributed by atoms with Gasteiger partial charge in [-0.3, -0.25) is 4.79 Å². The number of hydrogen-bond acceptors (Lipinski definition) is 2. The zero-order chi connectivity index (χ0) is 17.9. The summed E-state index contributed by atoms with van der Waals surface area (Å²) < 4.78 is 0. The van der Waals surface area contributed by atoms with Crippen molar-refractivity contribution in [1.82, 2.24) is 15.1 Å². The molecular formula is C18H26ClN3O2. The quantitative estimate of drug-likeness (QED) is 0.906. The van der Waals surface area contributed by atoms with Crippen molar-refractivity contribution in [2.24, 2.45) is 5.92 Å². The molecule has 1 aliphatic heterocycles. The van der Waals surface area contributed by atoms with Crippen molar-refractivity contribution in [2.75, 3.05) is 20.1 Å². The van der Waals surface area contributed by atoms with Crippen molar-refractivity contribution in [3.8, 4) is 0 Å². The Kier molecular flexibility index (Phi) is 5.75. The maximum Gasteiger partial charge on any atom is 0.317 e. The van der Waals surface area contributed by atoms with E-state index >= 15 is 0 Å². The number of benzene rings is 1. The van der Waals surface area contributed by atoms with Crippen LogP contribution in [0, 0.1) is 5.92 Å². The maximum atomic E-state index is 12.2. The molecule has 1 saturated heterocycles. The summed E-state index contributed by atoms with van der Waals surface area (Å²) in [6, 6.07) is 7.33. The summed E-state index contributed by atoms with van der Waals surface area (Å²) in [5.74, 6) is 0.320. The monoisotopic (exact) mass is 351 g/mol. The average molecular weight is 352 g/mol. The van der Waals surface area contributed by atoms with Crippen molar-refractivity contribution < 1.29 is 9.59 Å². The molecule has 0 aliphatic carbocycles. The Labute approximate surface area is 149 Å². The minimum absolute atomic E-state index is 0.156. The van der Waals surface area contributed by atoms with Gasteiger partial charge in [0.15, 0.2) is 0 Å². The van der Waals surface area contributed by atoms with Gasteiger partial charge in [0.05, 0.1) is 0 Å². The molecular weight excluding hydrogens is 326 g/mol. The molecule has 1 atom stereocenters. The fourth-order valence-electron chi connectivity index (χ4n) is 2.89. The Morgan fingerprint density at radius 1 is 1.38 bits per heavy atom. The van der Waals surface area contributed by atoms with E-state index in [2.05, 4.69) is 5.32 Å². The highest BCUT2D eigenvalue weighted by molar-refractivity contribution is 6.31. The van der Waals surface area contributed by atoms with E-state index in [1.54, 1.807) is 11.9 Å². The SMILES string of the molecule is CN(Cc1ccccc1Cl)C(=O)NCC1CC(=O)N(C(C)(C)C)C1. The number of carbonyl (C=O) groups excluding carboxylic acids is 2. The largest absolute Gasteiger partial charge is 0.338 e. The average Bonchev–Trinajstić information content (AvgIpc) is 2.88. The third-order valence-corrected chi connectivity index (χ3v) is 4.64. The molecule has 3 amide bonds. The standard InChI is InChI=1S/C18H26ClN3O2/c1-18(2,3)22-11-13(9-16(22)23)10-20-17(24)21(4)12-14-7-5-6-8-15(14)19/h5-8,13H,9-12H2,1-4H3,(H,20,24). The first-order chi connectivity index (χ1) is 11.2. The van der Waals surface area contributed by atoms with Crippen LogP contribution in [0.2, 0.25) is 5.02 Å². The smallest absolute Gasteiger partial charge is 0.317 e. The number of nitrogens with one attached hydrogen (secondary N) is 1. The van der Waals surface area contributed by atoms with Crippen LogP contribution >= 0.6 is 11.6 Å². The Balaban J connectivity index is 1.83. The number of carbonyl (C=O) groups is 2. The summed E-state index contributed by atoms with van der Waals surface area (Å²) in [4.78, 5) is 27.8. The molecule has 1 unspecified atom stereocenters. The van der Waals surface area contributed by atoms with E-state index in [0.29, 0.717) is 31.1 Å². The first-order valence-electron chi connectivity index (χ1n) is 8.21. The molecule has 1 aliphatic rings. The Morgan fingerprint density at radius 3 is 2.62 bits per heavy atom. The van der Waals surface area contributed by atoms with Gasteiger partial charge in [-0.25, -0.2) is 4.79 Å². The summed E-state index contributed by atoms with van der Waals surface area (Å²) in [5, 5.41) is 3.57. The second-order valence-electron chi connectivity index (χ2n) is 7.38. The predicted molar refractivity (Wildman–Crippen MR) is 95.9 cm³/mol. The number of halogens is 1. The van der Waals surface area contributed by atoms with E-state index in [1.165, 1.54) is 0 Å². The van der Waals surface area contributed by atoms with Crippen LogP contribution in [0.15, 0.2) is 24.3 Å². The van der Waals surface area contributed by atoms with Crippen LogP contribution in [-0.4, -0.2) is 47.4 Å². The highest BCUT2D eigenvalue weighted by Gasteiger charge is 2.36. The zero-order valence-corrected chi connectivity index (χ0v) is 15.6. The molecule has 0 saturated carbocycles. The molecule has 1 fully saturated rings. The molecule has 24 heavy (non-hydrogen) atoms. The van der Waals surface area contributed by atoms with E-state index in [1.807, 2.05) is 49.9 Å². The molecule has 1 N–H and O–H groups in total. The number of likely N-dealkylation sites (tertiary alicyclic amines) is 1. The molecule has 0 radical (unpaired) electrons. The van der Waals surface area contributed by atoms with Gasteiger partial charge in [0.25, 0.3) is 0 Å². The summed E-state index contributed by atoms with van der Waals surface area (Å²) in [5.41, 5.74) is 0.739. The summed E-state index contributed by atoms with van der Waals surface area (Å²) in [7, 11) is 1.74. The molecule has 2 rings (SSSR count). The number of hydrogen-bond donors (Lipinski definition) is 1. The van der Waals surface area contributed by atoms with Gasteiger partial charge < -0.3 is 15.1 Å². The van der Waals surface area contributed by atoms with Gasteiger partial charge in [-0.05, 0) is 32.4 Å². The first-order valence-corrected chi connectivity index (χ1v) is 8.59. The van der Waals surface area contributed by atoms with E-state index in [-0.39, 0.29) is 23.4 Å². The second-order valence-corrected chi connectivity index (χ2v) is 7.79. The van der Waals surface area contributed by atoms with Gasteiger partial charge in [0.1, 0.15) is 0 Å². The molecule has 0 spiro atoms. The number of urea groups is 1. The van der Waals surface area contributed by atoms with Crippen molar-refractivity contribution >= 4 is 23.5 Å². The first kappa shape index (κ1) is 18.6. The summed E-state index contributed by atoms with van der Waals surface area (Å²) >= 11 is 6.13. The van der Waals surface area contributed by atoms with Gasteiger partial charge >= 0.3 is 6.03 Å². The van der Waals surface area contributed by atoms with Gasteiger partial charge in [-0.1, -0.05) is 29.8 Å². The van der Waals surface area contributed by atoms with Crippen LogP contribution in [-0.2, 0) is 11.3 Å². The molecule has 5 nitrogen and oxygen atoms in total. The molecule has 0 bridgehead atoms. The molecule has 132 valence electrons. The van der Waals surface area contributed by atoms with Crippen LogP contribution in [0.4, 0.5) is 4.79 Å². The Morgan fingerprint density at radius 2 is 2.04 bits per heavy atom. The summed E-state index contributed by atoms with van der Waals surface area (Å²) in [6.45, 7) is 7.74. The third kappa shape index (κ3) is 4.63. The third-order valence-electron chi connectivity index (χ3n) is 4.27. The Bertz CT molecular complexity index is 613. The zero-order valence-electron chi connectivity index (χ0n) is 14.8. The second kappa shape index (κ2) is 7.43. The highest BCUT2D eigenvalue weighted by atomic mass is 35.5. The lowest BCUT2D eigenvalue weighted by Gasteiger charge is -2.32. The lowest BCUT2D eigenvalue weighted by molar-refractivity contribution is -0.131. The van der Waals surface area contributed by atoms with Crippen LogP contribution < -0.4 is 5.32 Å². The molecule has 1 aromatic rings. The van der Waals surface area contributed by atoms with Gasteiger partial charge in [0.2, 0.25) is 5.91 Å². The van der Waals surface area contributed by atoms with E-state index < -0.39 is 0 Å². The number of amides is 3. The molecule has 6 heteroatoms. The van der Waals surface area contributed by atoms with E-state index in [9.17, 15) is 9.59 Å². The number of rotatable bonds is 4. The number of nitrogens with zero attached hydrogens (tertiary/aromatic N) is 2. The molecule has 0 aromatic heterocycles. The predicted octanol–water partition coefficient (Wildman–Crippen LogP) is 3.13. The topological polar surface area (TPSA) is 52.7 Å². The van der Waals surface area contributed by atoms with Crippen molar-refractivity contribution in [3.63, 3.8) is 0 Å². The summed E-state index contributed by atoms with van der Waals surface area (Å²) in [6.07, 6.45) is 0.492. The van der Waals surface area contributed by atoms with Gasteiger partial charge in [-0.15, -0.1) is 0 Å². The lowest BCUT2D eigenvalue weighted by atomic mass is 10.1. The van der Waals surface area contributed by atoms with Crippen molar-refractivity contribution in [3.05, 3.63) is 34.9 Å². The van der Waals surface area contributed by atoms with Crippen molar-refractivity contribution in [1.29, 1.82) is 0 Å². The minimum Gasteiger partial charge on any atom is -0.338 e. The van der Waals surface area contributed by atoms with Crippen LogP contribution in [0.1, 0.15) is 32.8 Å². The fourth-order valence-corrected chi connectivity index (χ4v) is 3.08. The highest BCUT2D eigenvalue weighted by Crippen LogP contribution is 2.25. The van der Waals surface area contributed by atoms with E-state index in [4.69, 9.17) is 11.6 Å². The van der Waals surface area contributed by atoms with Crippen LogP contribution in [0.5, 0.6) is 0 Å². The van der Waals surface area contributed by atoms with Crippen LogP contribution in [0.25, 0.3) is 0 Å². The normalized spacial score (nSPS) is 18.0. The van der Waals surface area contributed by atoms with E-state index in [0.717, 1.165) is 5.56 Å². The molecule has 1 aromatic carbocycles. The fraction of sp³-hybridized carbons (Fsp3) is 0.556. The Hall–Kier alpha value is -1.75. The van der Waals surface area contributed by atoms with Crippen molar-refractivity contribution in [2.45, 2.75) is 39.3 Å². The van der Waals surface area contributed by atoms with Gasteiger partial charge in [-0.2, -0.15) is 0 Å². The minimum atomic E-state index is -0.170. The molecule has 1 heterocycles. The van der Waals surface area contributed by atoms with Gasteiger partial charge in [0, 0.05) is 49.6 Å². The maximum absolute atomic E-state index is 12.2. The van der Waals surface area contributed by atoms with Crippen LogP contribution in [0.3, 0.4) is 0 Å².